The van der Waals surface area contributed by atoms with Gasteiger partial charge in [0, 0.05) is 30.0 Å². The maximum absolute atomic E-state index is 14.3. The van der Waals surface area contributed by atoms with Crippen LogP contribution >= 0.6 is 0 Å². The lowest BCUT2D eigenvalue weighted by Gasteiger charge is -2.66. The van der Waals surface area contributed by atoms with E-state index in [9.17, 15) is 9.18 Å². The van der Waals surface area contributed by atoms with Crippen molar-refractivity contribution in [3.63, 3.8) is 0 Å². The highest BCUT2D eigenvalue weighted by molar-refractivity contribution is 5.96. The van der Waals surface area contributed by atoms with Gasteiger partial charge >= 0.3 is 0 Å². The standard InChI is InChI=1S/C21H22FN3O/c1-13-4-2-6-17(22)18(13)20(26)24-19(14-5-3-9-23-12-14)21-8-7-15-10-16(11-21)25(15)21/h2-6,9,12,15-16,19H,7-8,10-11H2,1H3,(H,24,26). The third kappa shape index (κ3) is 2.10. The van der Waals surface area contributed by atoms with E-state index in [1.54, 1.807) is 25.3 Å². The normalized spacial score (nSPS) is 30.1. The fourth-order valence-electron chi connectivity index (χ4n) is 5.52. The van der Waals surface area contributed by atoms with Gasteiger partial charge in [0.2, 0.25) is 0 Å². The van der Waals surface area contributed by atoms with Crippen LogP contribution in [0, 0.1) is 12.7 Å². The lowest BCUT2D eigenvalue weighted by molar-refractivity contribution is -0.156. The Morgan fingerprint density at radius 2 is 2.23 bits per heavy atom. The SMILES string of the molecule is Cc1cccc(F)c1C(=O)NC(c1cccnc1)C12CCC3CC(C1)N32. The number of aryl methyl sites for hydroxylation is 1. The summed E-state index contributed by atoms with van der Waals surface area (Å²) in [6.45, 7) is 1.77. The zero-order chi connectivity index (χ0) is 17.9. The highest BCUT2D eigenvalue weighted by Gasteiger charge is 2.67. The molecule has 134 valence electrons. The molecule has 0 radical (unpaired) electrons. The minimum absolute atomic E-state index is 0.0363. The van der Waals surface area contributed by atoms with E-state index < -0.39 is 5.82 Å². The molecule has 4 unspecified atom stereocenters. The molecule has 5 rings (SSSR count). The van der Waals surface area contributed by atoms with Gasteiger partial charge in [-0.3, -0.25) is 14.7 Å². The molecule has 3 fully saturated rings. The molecule has 1 aromatic carbocycles. The Labute approximate surface area is 152 Å². The molecular formula is C21H22FN3O. The highest BCUT2D eigenvalue weighted by atomic mass is 19.1. The van der Waals surface area contributed by atoms with Crippen LogP contribution in [-0.2, 0) is 0 Å². The van der Waals surface area contributed by atoms with Crippen LogP contribution in [0.15, 0.2) is 42.7 Å². The first-order valence-electron chi connectivity index (χ1n) is 9.34. The molecule has 4 heterocycles. The Morgan fingerprint density at radius 1 is 1.35 bits per heavy atom. The third-order valence-corrected chi connectivity index (χ3v) is 6.62. The quantitative estimate of drug-likeness (QED) is 0.918. The Bertz CT molecular complexity index is 847. The minimum atomic E-state index is -0.468. The molecule has 1 N–H and O–H groups in total. The van der Waals surface area contributed by atoms with Crippen molar-refractivity contribution in [1.82, 2.24) is 15.2 Å². The maximum Gasteiger partial charge on any atom is 0.255 e. The molecule has 26 heavy (non-hydrogen) atoms. The Balaban J connectivity index is 1.51. The summed E-state index contributed by atoms with van der Waals surface area (Å²) in [6, 6.07) is 9.82. The van der Waals surface area contributed by atoms with Crippen molar-refractivity contribution in [2.45, 2.75) is 56.3 Å². The molecule has 3 aliphatic heterocycles. The summed E-state index contributed by atoms with van der Waals surface area (Å²) in [6.07, 6.45) is 8.20. The molecule has 4 nitrogen and oxygen atoms in total. The maximum atomic E-state index is 14.3. The number of aromatic nitrogens is 1. The van der Waals surface area contributed by atoms with E-state index in [0.717, 1.165) is 18.4 Å². The smallest absolute Gasteiger partial charge is 0.255 e. The predicted molar refractivity (Wildman–Crippen MR) is 96.2 cm³/mol. The summed E-state index contributed by atoms with van der Waals surface area (Å²) in [5.41, 5.74) is 1.77. The topological polar surface area (TPSA) is 45.2 Å². The van der Waals surface area contributed by atoms with E-state index in [2.05, 4.69) is 15.2 Å². The molecule has 4 atom stereocenters. The first-order chi connectivity index (χ1) is 12.6. The number of piperidine rings is 1. The van der Waals surface area contributed by atoms with Crippen LogP contribution in [0.4, 0.5) is 4.39 Å². The van der Waals surface area contributed by atoms with Crippen LogP contribution in [0.25, 0.3) is 0 Å². The number of nitrogens with one attached hydrogen (secondary N) is 1. The van der Waals surface area contributed by atoms with Crippen LogP contribution in [0.2, 0.25) is 0 Å². The molecule has 0 bridgehead atoms. The van der Waals surface area contributed by atoms with E-state index in [1.165, 1.54) is 18.9 Å². The number of pyridine rings is 1. The van der Waals surface area contributed by atoms with Crippen molar-refractivity contribution in [1.29, 1.82) is 0 Å². The van der Waals surface area contributed by atoms with Gasteiger partial charge in [0.15, 0.2) is 0 Å². The number of carbonyl (C=O) groups excluding carboxylic acids is 1. The molecule has 3 saturated heterocycles. The van der Waals surface area contributed by atoms with Crippen molar-refractivity contribution in [2.75, 3.05) is 0 Å². The van der Waals surface area contributed by atoms with Gasteiger partial charge in [0.1, 0.15) is 5.82 Å². The number of benzene rings is 1. The molecule has 3 aliphatic rings. The summed E-state index contributed by atoms with van der Waals surface area (Å²) in [5, 5.41) is 3.18. The lowest BCUT2D eigenvalue weighted by atomic mass is 9.67. The van der Waals surface area contributed by atoms with E-state index in [1.807, 2.05) is 18.3 Å². The third-order valence-electron chi connectivity index (χ3n) is 6.62. The van der Waals surface area contributed by atoms with Crippen LogP contribution < -0.4 is 5.32 Å². The largest absolute Gasteiger partial charge is 0.343 e. The molecule has 1 amide bonds. The van der Waals surface area contributed by atoms with Crippen LogP contribution in [0.5, 0.6) is 0 Å². The number of rotatable bonds is 4. The fraction of sp³-hybridized carbons (Fsp3) is 0.429. The van der Waals surface area contributed by atoms with Gasteiger partial charge < -0.3 is 5.32 Å². The van der Waals surface area contributed by atoms with Gasteiger partial charge in [-0.05, 0) is 55.9 Å². The highest BCUT2D eigenvalue weighted by Crippen LogP contribution is 2.62. The first kappa shape index (κ1) is 15.9. The Morgan fingerprint density at radius 3 is 2.96 bits per heavy atom. The second kappa shape index (κ2) is 5.61. The molecule has 0 saturated carbocycles. The first-order valence-corrected chi connectivity index (χ1v) is 9.34. The molecule has 0 aliphatic carbocycles. The zero-order valence-electron chi connectivity index (χ0n) is 14.8. The number of nitrogens with zero attached hydrogens (tertiary/aromatic N) is 2. The molecule has 1 aromatic heterocycles. The number of amides is 1. The molecule has 2 aromatic rings. The minimum Gasteiger partial charge on any atom is -0.343 e. The molecule has 0 spiro atoms. The number of hydrogen-bond donors (Lipinski definition) is 1. The second-order valence-corrected chi connectivity index (χ2v) is 7.92. The number of halogens is 1. The number of carbonyl (C=O) groups is 1. The number of hydrogen-bond acceptors (Lipinski definition) is 3. The summed E-state index contributed by atoms with van der Waals surface area (Å²) in [7, 11) is 0. The van der Waals surface area contributed by atoms with E-state index in [0.29, 0.717) is 17.6 Å². The van der Waals surface area contributed by atoms with Gasteiger partial charge in [-0.15, -0.1) is 0 Å². The second-order valence-electron chi connectivity index (χ2n) is 7.92. The van der Waals surface area contributed by atoms with Crippen molar-refractivity contribution in [2.24, 2.45) is 0 Å². The summed E-state index contributed by atoms with van der Waals surface area (Å²) >= 11 is 0. The Kier molecular flexibility index (Phi) is 3.44. The molecular weight excluding hydrogens is 329 g/mol. The van der Waals surface area contributed by atoms with Crippen LogP contribution in [0.1, 0.15) is 53.2 Å². The lowest BCUT2D eigenvalue weighted by Crippen LogP contribution is -2.75. The van der Waals surface area contributed by atoms with Gasteiger partial charge in [-0.2, -0.15) is 0 Å². The average molecular weight is 351 g/mol. The van der Waals surface area contributed by atoms with E-state index in [-0.39, 0.29) is 23.1 Å². The van der Waals surface area contributed by atoms with Gasteiger partial charge in [0.25, 0.3) is 5.91 Å². The Hall–Kier alpha value is -2.27. The monoisotopic (exact) mass is 351 g/mol. The molecule has 5 heteroatoms. The summed E-state index contributed by atoms with van der Waals surface area (Å²) < 4.78 is 14.3. The zero-order valence-corrected chi connectivity index (χ0v) is 14.8. The summed E-state index contributed by atoms with van der Waals surface area (Å²) in [4.78, 5) is 19.8. The van der Waals surface area contributed by atoms with Gasteiger partial charge in [-0.25, -0.2) is 4.39 Å². The van der Waals surface area contributed by atoms with Crippen molar-refractivity contribution >= 4 is 5.91 Å². The van der Waals surface area contributed by atoms with E-state index >= 15 is 0 Å². The summed E-state index contributed by atoms with van der Waals surface area (Å²) in [5.74, 6) is -0.805. The predicted octanol–water partition coefficient (Wildman–Crippen LogP) is 3.38. The van der Waals surface area contributed by atoms with E-state index in [4.69, 9.17) is 0 Å². The van der Waals surface area contributed by atoms with Crippen molar-refractivity contribution < 1.29 is 9.18 Å². The van der Waals surface area contributed by atoms with Crippen molar-refractivity contribution in [3.05, 3.63) is 65.2 Å². The van der Waals surface area contributed by atoms with Gasteiger partial charge in [-0.1, -0.05) is 18.2 Å². The van der Waals surface area contributed by atoms with Crippen LogP contribution in [-0.4, -0.2) is 33.4 Å². The average Bonchev–Trinajstić information content (AvgIpc) is 2.75. The fourth-order valence-corrected chi connectivity index (χ4v) is 5.52. The van der Waals surface area contributed by atoms with Crippen molar-refractivity contribution in [3.8, 4) is 0 Å². The van der Waals surface area contributed by atoms with Gasteiger partial charge in [0.05, 0.1) is 11.6 Å². The van der Waals surface area contributed by atoms with Crippen LogP contribution in [0.3, 0.4) is 0 Å².